The van der Waals surface area contributed by atoms with Gasteiger partial charge in [-0.25, -0.2) is 9.97 Å². The first-order chi connectivity index (χ1) is 10.8. The van der Waals surface area contributed by atoms with Crippen LogP contribution in [0.2, 0.25) is 0 Å². The highest BCUT2D eigenvalue weighted by atomic mass is 16.5. The Labute approximate surface area is 133 Å². The number of rotatable bonds is 9. The molecule has 2 aromatic rings. The van der Waals surface area contributed by atoms with Crippen LogP contribution < -0.4 is 0 Å². The molecular formula is C19H26N2O. The molecule has 0 aliphatic carbocycles. The summed E-state index contributed by atoms with van der Waals surface area (Å²) in [6, 6.07) is 8.31. The number of nitrogens with zero attached hydrogens (tertiary/aromatic N) is 2. The van der Waals surface area contributed by atoms with Crippen LogP contribution in [-0.2, 0) is 17.8 Å². The first-order valence-electron chi connectivity index (χ1n) is 8.31. The van der Waals surface area contributed by atoms with Gasteiger partial charge in [0.1, 0.15) is 0 Å². The van der Waals surface area contributed by atoms with Gasteiger partial charge in [-0.3, -0.25) is 0 Å². The van der Waals surface area contributed by atoms with Crippen LogP contribution in [0, 0.1) is 0 Å². The van der Waals surface area contributed by atoms with E-state index in [1.165, 1.54) is 30.4 Å². The molecule has 0 unspecified atom stereocenters. The smallest absolute Gasteiger partial charge is 0.159 e. The van der Waals surface area contributed by atoms with Gasteiger partial charge in [-0.05, 0) is 30.4 Å². The third-order valence-electron chi connectivity index (χ3n) is 3.60. The van der Waals surface area contributed by atoms with E-state index in [1.54, 1.807) is 0 Å². The van der Waals surface area contributed by atoms with Crippen molar-refractivity contribution in [2.45, 2.75) is 52.6 Å². The lowest BCUT2D eigenvalue weighted by atomic mass is 10.1. The van der Waals surface area contributed by atoms with Gasteiger partial charge in [0.05, 0.1) is 6.61 Å². The summed E-state index contributed by atoms with van der Waals surface area (Å²) in [7, 11) is 0. The second-order valence-electron chi connectivity index (χ2n) is 5.62. The van der Waals surface area contributed by atoms with E-state index >= 15 is 0 Å². The molecule has 0 atom stereocenters. The molecule has 0 radical (unpaired) electrons. The fraction of sp³-hybridized carbons (Fsp3) is 0.474. The van der Waals surface area contributed by atoms with E-state index in [1.807, 2.05) is 12.4 Å². The Kier molecular flexibility index (Phi) is 7.04. The molecule has 1 aromatic carbocycles. The lowest BCUT2D eigenvalue weighted by Crippen LogP contribution is -1.95. The number of hydrogen-bond acceptors (Lipinski definition) is 3. The normalized spacial score (nSPS) is 10.8. The summed E-state index contributed by atoms with van der Waals surface area (Å²) in [5.41, 5.74) is 3.47. The van der Waals surface area contributed by atoms with E-state index in [4.69, 9.17) is 4.74 Å². The summed E-state index contributed by atoms with van der Waals surface area (Å²) in [6.07, 6.45) is 9.76. The summed E-state index contributed by atoms with van der Waals surface area (Å²) >= 11 is 0. The molecule has 0 aliphatic rings. The Morgan fingerprint density at radius 1 is 0.864 bits per heavy atom. The van der Waals surface area contributed by atoms with Crippen LogP contribution in [0.4, 0.5) is 0 Å². The van der Waals surface area contributed by atoms with Crippen molar-refractivity contribution in [3.8, 4) is 11.4 Å². The van der Waals surface area contributed by atoms with Gasteiger partial charge in [-0.2, -0.15) is 0 Å². The second-order valence-corrected chi connectivity index (χ2v) is 5.62. The highest BCUT2D eigenvalue weighted by molar-refractivity contribution is 5.55. The van der Waals surface area contributed by atoms with Crippen molar-refractivity contribution in [2.24, 2.45) is 0 Å². The number of hydrogen-bond donors (Lipinski definition) is 0. The number of benzene rings is 1. The molecule has 0 amide bonds. The Morgan fingerprint density at radius 3 is 2.23 bits per heavy atom. The van der Waals surface area contributed by atoms with Crippen LogP contribution in [0.1, 0.15) is 50.7 Å². The number of ether oxygens (including phenoxy) is 1. The van der Waals surface area contributed by atoms with Crippen molar-refractivity contribution in [3.05, 3.63) is 47.8 Å². The minimum atomic E-state index is 0.672. The van der Waals surface area contributed by atoms with Crippen molar-refractivity contribution < 1.29 is 4.74 Å². The molecule has 1 heterocycles. The van der Waals surface area contributed by atoms with Gasteiger partial charge in [-0.15, -0.1) is 0 Å². The quantitative estimate of drug-likeness (QED) is 0.624. The molecule has 0 fully saturated rings. The van der Waals surface area contributed by atoms with Crippen LogP contribution in [0.25, 0.3) is 11.4 Å². The lowest BCUT2D eigenvalue weighted by Gasteiger charge is -2.05. The first kappa shape index (κ1) is 16.6. The Balaban J connectivity index is 1.93. The highest BCUT2D eigenvalue weighted by Gasteiger charge is 2.02. The van der Waals surface area contributed by atoms with Crippen molar-refractivity contribution in [2.75, 3.05) is 6.61 Å². The van der Waals surface area contributed by atoms with Crippen molar-refractivity contribution in [3.63, 3.8) is 0 Å². The van der Waals surface area contributed by atoms with Crippen LogP contribution in [0.15, 0.2) is 36.7 Å². The maximum Gasteiger partial charge on any atom is 0.159 e. The molecule has 0 saturated heterocycles. The van der Waals surface area contributed by atoms with Crippen molar-refractivity contribution in [1.82, 2.24) is 9.97 Å². The number of unbranched alkanes of at least 4 members (excludes halogenated alkanes) is 2. The fourth-order valence-electron chi connectivity index (χ4n) is 2.30. The number of aryl methyl sites for hydroxylation is 1. The van der Waals surface area contributed by atoms with Gasteiger partial charge >= 0.3 is 0 Å². The first-order valence-corrected chi connectivity index (χ1v) is 8.31. The standard InChI is InChI=1S/C19H26N2O/c1-3-5-6-7-17-13-20-19(21-14-17)18-10-8-16(9-11-18)15-22-12-4-2/h8-11,13-14H,3-7,12,15H2,1-2H3. The van der Waals surface area contributed by atoms with Crippen molar-refractivity contribution >= 4 is 0 Å². The zero-order valence-corrected chi connectivity index (χ0v) is 13.7. The molecule has 3 heteroatoms. The number of aromatic nitrogens is 2. The zero-order chi connectivity index (χ0) is 15.6. The fourth-order valence-corrected chi connectivity index (χ4v) is 2.30. The van der Waals surface area contributed by atoms with Gasteiger partial charge < -0.3 is 4.74 Å². The summed E-state index contributed by atoms with van der Waals surface area (Å²) < 4.78 is 5.55. The monoisotopic (exact) mass is 298 g/mol. The molecule has 22 heavy (non-hydrogen) atoms. The summed E-state index contributed by atoms with van der Waals surface area (Å²) in [5.74, 6) is 0.792. The molecule has 0 saturated carbocycles. The highest BCUT2D eigenvalue weighted by Crippen LogP contribution is 2.16. The van der Waals surface area contributed by atoms with Gasteiger partial charge in [0.2, 0.25) is 0 Å². The van der Waals surface area contributed by atoms with Crippen LogP contribution in [0.5, 0.6) is 0 Å². The van der Waals surface area contributed by atoms with Gasteiger partial charge in [0.15, 0.2) is 5.82 Å². The van der Waals surface area contributed by atoms with Gasteiger partial charge in [0, 0.05) is 24.6 Å². The largest absolute Gasteiger partial charge is 0.377 e. The summed E-state index contributed by atoms with van der Waals surface area (Å²) in [4.78, 5) is 8.98. The van der Waals surface area contributed by atoms with E-state index in [9.17, 15) is 0 Å². The minimum Gasteiger partial charge on any atom is -0.377 e. The minimum absolute atomic E-state index is 0.672. The van der Waals surface area contributed by atoms with E-state index in [0.717, 1.165) is 30.8 Å². The molecule has 0 N–H and O–H groups in total. The molecule has 118 valence electrons. The van der Waals surface area contributed by atoms with E-state index in [2.05, 4.69) is 48.1 Å². The summed E-state index contributed by atoms with van der Waals surface area (Å²) in [6.45, 7) is 5.82. The summed E-state index contributed by atoms with van der Waals surface area (Å²) in [5, 5.41) is 0. The predicted molar refractivity (Wildman–Crippen MR) is 90.6 cm³/mol. The lowest BCUT2D eigenvalue weighted by molar-refractivity contribution is 0.121. The third-order valence-corrected chi connectivity index (χ3v) is 3.60. The average Bonchev–Trinajstić information content (AvgIpc) is 2.57. The zero-order valence-electron chi connectivity index (χ0n) is 13.7. The maximum absolute atomic E-state index is 5.55. The molecule has 0 spiro atoms. The van der Waals surface area contributed by atoms with E-state index < -0.39 is 0 Å². The van der Waals surface area contributed by atoms with Crippen LogP contribution in [0.3, 0.4) is 0 Å². The van der Waals surface area contributed by atoms with Gasteiger partial charge in [0.25, 0.3) is 0 Å². The molecule has 1 aromatic heterocycles. The SMILES string of the molecule is CCCCCc1cnc(-c2ccc(COCCC)cc2)nc1. The van der Waals surface area contributed by atoms with E-state index in [0.29, 0.717) is 6.61 Å². The topological polar surface area (TPSA) is 35.0 Å². The molecule has 0 bridgehead atoms. The van der Waals surface area contributed by atoms with Crippen LogP contribution >= 0.6 is 0 Å². The third kappa shape index (κ3) is 5.23. The van der Waals surface area contributed by atoms with Crippen molar-refractivity contribution in [1.29, 1.82) is 0 Å². The second kappa shape index (κ2) is 9.31. The molecule has 0 aliphatic heterocycles. The Hall–Kier alpha value is -1.74. The molecular weight excluding hydrogens is 272 g/mol. The predicted octanol–water partition coefficient (Wildman–Crippen LogP) is 4.80. The maximum atomic E-state index is 5.55. The Bertz CT molecular complexity index is 483. The van der Waals surface area contributed by atoms with Gasteiger partial charge in [-0.1, -0.05) is 51.0 Å². The van der Waals surface area contributed by atoms with E-state index in [-0.39, 0.29) is 0 Å². The molecule has 3 nitrogen and oxygen atoms in total. The average molecular weight is 298 g/mol. The van der Waals surface area contributed by atoms with Crippen LogP contribution in [-0.4, -0.2) is 16.6 Å². The molecule has 2 rings (SSSR count). The Morgan fingerprint density at radius 2 is 1.59 bits per heavy atom.